The zero-order valence-corrected chi connectivity index (χ0v) is 28.3. The van der Waals surface area contributed by atoms with Crippen molar-refractivity contribution in [3.63, 3.8) is 0 Å². The smallest absolute Gasteiger partial charge is 0.149 e. The van der Waals surface area contributed by atoms with E-state index >= 15 is 0 Å². The first kappa shape index (κ1) is 29.9. The predicted octanol–water partition coefficient (Wildman–Crippen LogP) is 9.74. The van der Waals surface area contributed by atoms with Gasteiger partial charge in [-0.3, -0.25) is 0 Å². The average Bonchev–Trinajstić information content (AvgIpc) is 3.04. The lowest BCUT2D eigenvalue weighted by Crippen LogP contribution is -2.67. The van der Waals surface area contributed by atoms with Crippen molar-refractivity contribution in [2.24, 2.45) is 0 Å². The molecule has 0 unspecified atom stereocenters. The quantitative estimate of drug-likeness (QED) is 0.101. The summed E-state index contributed by atoms with van der Waals surface area (Å²) in [7, 11) is -3.32. The van der Waals surface area contributed by atoms with Crippen LogP contribution in [0.1, 0.15) is 33.4 Å². The normalized spacial score (nSPS) is 11.5. The molecule has 0 saturated carbocycles. The van der Waals surface area contributed by atoms with Crippen LogP contribution >= 0.6 is 11.1 Å². The van der Waals surface area contributed by atoms with Crippen molar-refractivity contribution in [2.75, 3.05) is 0 Å². The molecular weight excluding hydrogens is 568 g/mol. The van der Waals surface area contributed by atoms with Crippen LogP contribution in [0.2, 0.25) is 0 Å². The average molecular weight is 607 g/mol. The van der Waals surface area contributed by atoms with Gasteiger partial charge in [-0.05, 0) is 124 Å². The molecule has 0 nitrogen and oxygen atoms in total. The van der Waals surface area contributed by atoms with Crippen LogP contribution in [0, 0.1) is 41.5 Å². The molecule has 0 atom stereocenters. The molecule has 218 valence electrons. The fourth-order valence-electron chi connectivity index (χ4n) is 7.07. The Hall–Kier alpha value is -4.17. The third-order valence-corrected chi connectivity index (χ3v) is 14.8. The summed E-state index contributed by atoms with van der Waals surface area (Å²) in [5.41, 5.74) is 14.8. The SMILES string of the molecule is Cc1ccc(C)c([Si](Cl)(c2c(C)ccc(C)c2-c2ccccc2)c2c(C)ccc(C)c2-c2ccccc2)c1-c1ccccc1. The molecule has 6 rings (SSSR count). The lowest BCUT2D eigenvalue weighted by molar-refractivity contribution is 1.39. The summed E-state index contributed by atoms with van der Waals surface area (Å²) in [5.74, 6) is 0. The molecule has 0 amide bonds. The zero-order chi connectivity index (χ0) is 31.0. The van der Waals surface area contributed by atoms with Gasteiger partial charge in [0.15, 0.2) is 0 Å². The summed E-state index contributed by atoms with van der Waals surface area (Å²) in [5, 5.41) is 3.84. The lowest BCUT2D eigenvalue weighted by atomic mass is 9.97. The molecule has 0 aromatic heterocycles. The van der Waals surface area contributed by atoms with Crippen LogP contribution in [0.25, 0.3) is 33.4 Å². The van der Waals surface area contributed by atoms with Gasteiger partial charge in [-0.15, -0.1) is 11.1 Å². The molecule has 0 N–H and O–H groups in total. The topological polar surface area (TPSA) is 0 Å². The Morgan fingerprint density at radius 3 is 0.795 bits per heavy atom. The number of benzene rings is 6. The first-order valence-corrected chi connectivity index (χ1v) is 18.4. The van der Waals surface area contributed by atoms with Crippen LogP contribution < -0.4 is 15.6 Å². The first-order chi connectivity index (χ1) is 21.2. The molecule has 0 heterocycles. The molecule has 0 radical (unpaired) electrons. The van der Waals surface area contributed by atoms with Gasteiger partial charge in [0.25, 0.3) is 7.38 Å². The maximum Gasteiger partial charge on any atom is 0.250 e. The van der Waals surface area contributed by atoms with Crippen LogP contribution in [0.15, 0.2) is 127 Å². The van der Waals surface area contributed by atoms with Gasteiger partial charge in [-0.25, -0.2) is 0 Å². The second-order valence-corrected chi connectivity index (χ2v) is 16.6. The van der Waals surface area contributed by atoms with Crippen molar-refractivity contribution in [3.05, 3.63) is 161 Å². The van der Waals surface area contributed by atoms with Crippen LogP contribution in [0.3, 0.4) is 0 Å². The molecule has 6 aromatic rings. The van der Waals surface area contributed by atoms with E-state index in [0.29, 0.717) is 0 Å². The number of hydrogen-bond donors (Lipinski definition) is 0. The maximum atomic E-state index is 8.85. The van der Waals surface area contributed by atoms with E-state index in [1.165, 1.54) is 82.3 Å². The standard InChI is InChI=1S/C42H39ClSi/c1-28-22-25-31(4)40(37(28)34-16-10-7-11-17-34)44(43,41-32(5)26-23-29(2)38(41)35-18-12-8-13-19-35)42-33(6)27-24-30(3)39(42)36-20-14-9-15-21-36/h7-27H,1-6H3. The lowest BCUT2D eigenvalue weighted by Gasteiger charge is -2.37. The molecule has 0 aliphatic heterocycles. The molecule has 44 heavy (non-hydrogen) atoms. The van der Waals surface area contributed by atoms with Gasteiger partial charge in [0.2, 0.25) is 0 Å². The van der Waals surface area contributed by atoms with E-state index in [9.17, 15) is 0 Å². The minimum Gasteiger partial charge on any atom is -0.149 e. The fourth-order valence-corrected chi connectivity index (χ4v) is 14.0. The van der Waals surface area contributed by atoms with E-state index in [0.717, 1.165) is 0 Å². The molecule has 0 aliphatic carbocycles. The van der Waals surface area contributed by atoms with E-state index in [1.54, 1.807) is 0 Å². The van der Waals surface area contributed by atoms with Crippen molar-refractivity contribution in [1.82, 2.24) is 0 Å². The van der Waals surface area contributed by atoms with Crippen LogP contribution in [0.4, 0.5) is 0 Å². The summed E-state index contributed by atoms with van der Waals surface area (Å²) < 4.78 is 0. The summed E-state index contributed by atoms with van der Waals surface area (Å²) in [4.78, 5) is 0. The van der Waals surface area contributed by atoms with Crippen molar-refractivity contribution in [2.45, 2.75) is 41.5 Å². The Morgan fingerprint density at radius 1 is 0.318 bits per heavy atom. The van der Waals surface area contributed by atoms with Crippen molar-refractivity contribution < 1.29 is 0 Å². The Labute approximate surface area is 268 Å². The minimum absolute atomic E-state index is 1.21. The molecule has 0 fully saturated rings. The van der Waals surface area contributed by atoms with Crippen LogP contribution in [-0.2, 0) is 0 Å². The number of aryl methyl sites for hydroxylation is 6. The molecular formula is C42H39ClSi. The molecule has 6 aromatic carbocycles. The van der Waals surface area contributed by atoms with Gasteiger partial charge >= 0.3 is 0 Å². The van der Waals surface area contributed by atoms with Gasteiger partial charge in [-0.2, -0.15) is 0 Å². The van der Waals surface area contributed by atoms with Gasteiger partial charge < -0.3 is 0 Å². The second-order valence-electron chi connectivity index (χ2n) is 12.1. The van der Waals surface area contributed by atoms with Crippen molar-refractivity contribution in [1.29, 1.82) is 0 Å². The minimum atomic E-state index is -3.32. The zero-order valence-electron chi connectivity index (χ0n) is 26.5. The van der Waals surface area contributed by atoms with Gasteiger partial charge in [0.05, 0.1) is 0 Å². The fraction of sp³-hybridized carbons (Fsp3) is 0.143. The molecule has 0 bridgehead atoms. The number of halogens is 1. The van der Waals surface area contributed by atoms with Crippen LogP contribution in [0.5, 0.6) is 0 Å². The second kappa shape index (κ2) is 12.1. The highest BCUT2D eigenvalue weighted by Crippen LogP contribution is 2.35. The Kier molecular flexibility index (Phi) is 8.20. The van der Waals surface area contributed by atoms with Crippen molar-refractivity contribution in [3.8, 4) is 33.4 Å². The monoisotopic (exact) mass is 606 g/mol. The number of hydrogen-bond acceptors (Lipinski definition) is 0. The van der Waals surface area contributed by atoms with E-state index in [1.807, 2.05) is 0 Å². The highest BCUT2D eigenvalue weighted by Gasteiger charge is 2.47. The summed E-state index contributed by atoms with van der Waals surface area (Å²) >= 11 is 8.85. The first-order valence-electron chi connectivity index (χ1n) is 15.4. The van der Waals surface area contributed by atoms with E-state index in [4.69, 9.17) is 11.1 Å². The Balaban J connectivity index is 1.89. The Bertz CT molecular complexity index is 1730. The molecule has 2 heteroatoms. The highest BCUT2D eigenvalue weighted by molar-refractivity contribution is 7.41. The molecule has 0 aliphatic rings. The Morgan fingerprint density at radius 2 is 0.545 bits per heavy atom. The predicted molar refractivity (Wildman–Crippen MR) is 195 cm³/mol. The molecule has 0 saturated heterocycles. The number of rotatable bonds is 6. The van der Waals surface area contributed by atoms with Gasteiger partial charge in [0.1, 0.15) is 0 Å². The van der Waals surface area contributed by atoms with E-state index in [-0.39, 0.29) is 0 Å². The third-order valence-electron chi connectivity index (χ3n) is 9.09. The summed E-state index contributed by atoms with van der Waals surface area (Å²) in [6.07, 6.45) is 0. The van der Waals surface area contributed by atoms with E-state index in [2.05, 4.69) is 169 Å². The van der Waals surface area contributed by atoms with Crippen LogP contribution in [-0.4, -0.2) is 7.38 Å². The van der Waals surface area contributed by atoms with Crippen molar-refractivity contribution >= 4 is 34.0 Å². The third kappa shape index (κ3) is 5.05. The summed E-state index contributed by atoms with van der Waals surface area (Å²) in [6.45, 7) is 13.5. The largest absolute Gasteiger partial charge is 0.250 e. The highest BCUT2D eigenvalue weighted by atomic mass is 35.6. The van der Waals surface area contributed by atoms with E-state index < -0.39 is 7.38 Å². The van der Waals surface area contributed by atoms with Gasteiger partial charge in [-0.1, -0.05) is 127 Å². The maximum absolute atomic E-state index is 8.85. The van der Waals surface area contributed by atoms with Gasteiger partial charge in [0, 0.05) is 0 Å². The summed E-state index contributed by atoms with van der Waals surface area (Å²) in [6, 6.07) is 46.1. The molecule has 0 spiro atoms.